The van der Waals surface area contributed by atoms with Gasteiger partial charge >= 0.3 is 5.97 Å². The average molecular weight is 458 g/mol. The third-order valence-corrected chi connectivity index (χ3v) is 6.60. The highest BCUT2D eigenvalue weighted by Crippen LogP contribution is 2.26. The van der Waals surface area contributed by atoms with Gasteiger partial charge < -0.3 is 9.84 Å². The summed E-state index contributed by atoms with van der Waals surface area (Å²) >= 11 is 1.06. The van der Waals surface area contributed by atoms with Gasteiger partial charge in [0.15, 0.2) is 0 Å². The number of carbonyl (C=O) groups excluding carboxylic acids is 2. The summed E-state index contributed by atoms with van der Waals surface area (Å²) < 4.78 is 5.91. The molecule has 0 aliphatic carbocycles. The molecular weight excluding hydrogens is 426 g/mol. The first-order valence-electron chi connectivity index (χ1n) is 11.4. The van der Waals surface area contributed by atoms with Crippen molar-refractivity contribution in [2.45, 2.75) is 69.5 Å². The van der Waals surface area contributed by atoms with Gasteiger partial charge in [-0.2, -0.15) is 0 Å². The predicted octanol–water partition coefficient (Wildman–Crippen LogP) is 5.71. The molecule has 0 radical (unpaired) electrons. The number of hydrogen-bond donors (Lipinski definition) is 2. The second-order valence-corrected chi connectivity index (χ2v) is 9.43. The van der Waals surface area contributed by atoms with E-state index in [0.717, 1.165) is 66.0 Å². The van der Waals surface area contributed by atoms with Crippen molar-refractivity contribution in [3.05, 3.63) is 42.0 Å². The van der Waals surface area contributed by atoms with Crippen LogP contribution in [0.3, 0.4) is 0 Å². The Morgan fingerprint density at radius 3 is 2.25 bits per heavy atom. The molecule has 6 nitrogen and oxygen atoms in total. The zero-order chi connectivity index (χ0) is 22.8. The van der Waals surface area contributed by atoms with E-state index in [1.807, 2.05) is 30.3 Å². The Bertz CT molecular complexity index is 945. The molecule has 3 rings (SSSR count). The summed E-state index contributed by atoms with van der Waals surface area (Å²) in [5.74, 6) is -0.0477. The summed E-state index contributed by atoms with van der Waals surface area (Å²) in [7, 11) is 0. The van der Waals surface area contributed by atoms with Crippen molar-refractivity contribution in [1.29, 1.82) is 0 Å². The van der Waals surface area contributed by atoms with Crippen LogP contribution in [0.25, 0.3) is 10.8 Å². The van der Waals surface area contributed by atoms with Gasteiger partial charge in [-0.25, -0.2) is 0 Å². The van der Waals surface area contributed by atoms with E-state index in [0.29, 0.717) is 13.0 Å². The van der Waals surface area contributed by atoms with E-state index in [4.69, 9.17) is 9.84 Å². The smallest absolute Gasteiger partial charge is 0.303 e. The monoisotopic (exact) mass is 457 g/mol. The molecule has 1 aliphatic rings. The van der Waals surface area contributed by atoms with E-state index in [1.165, 1.54) is 19.3 Å². The van der Waals surface area contributed by atoms with Gasteiger partial charge in [0, 0.05) is 6.42 Å². The van der Waals surface area contributed by atoms with Crippen LogP contribution in [0.1, 0.15) is 63.4 Å². The number of hydrogen-bond acceptors (Lipinski definition) is 5. The molecule has 1 saturated heterocycles. The quantitative estimate of drug-likeness (QED) is 0.353. The molecule has 2 aromatic carbocycles. The van der Waals surface area contributed by atoms with Gasteiger partial charge in [0.1, 0.15) is 5.75 Å². The molecule has 7 heteroatoms. The van der Waals surface area contributed by atoms with Gasteiger partial charge in [-0.15, -0.1) is 0 Å². The molecule has 172 valence electrons. The van der Waals surface area contributed by atoms with Crippen molar-refractivity contribution in [2.75, 3.05) is 6.61 Å². The number of imide groups is 1. The van der Waals surface area contributed by atoms with Crippen molar-refractivity contribution >= 4 is 39.7 Å². The van der Waals surface area contributed by atoms with Crippen molar-refractivity contribution in [3.8, 4) is 5.75 Å². The van der Waals surface area contributed by atoms with Crippen LogP contribution in [0.4, 0.5) is 4.79 Å². The topological polar surface area (TPSA) is 92.7 Å². The summed E-state index contributed by atoms with van der Waals surface area (Å²) in [6, 6.07) is 12.2. The highest BCUT2D eigenvalue weighted by atomic mass is 32.2. The van der Waals surface area contributed by atoms with Crippen LogP contribution in [0.15, 0.2) is 36.4 Å². The predicted molar refractivity (Wildman–Crippen MR) is 127 cm³/mol. The standard InChI is InChI=1S/C25H31NO5S/c27-23(28)9-7-5-3-1-2-4-6-8-14-31-21-13-12-19-15-18(10-11-20(19)17-21)16-22-24(29)26-25(30)32-22/h10-13,15,17,22H,1-9,14,16H2,(H,27,28)(H,26,29,30). The number of rotatable bonds is 14. The number of ether oxygens (including phenoxy) is 1. The van der Waals surface area contributed by atoms with Crippen molar-refractivity contribution < 1.29 is 24.2 Å². The number of carbonyl (C=O) groups is 3. The average Bonchev–Trinajstić information content (AvgIpc) is 3.08. The number of unbranched alkanes of at least 4 members (excludes halogenated alkanes) is 7. The molecule has 2 amide bonds. The van der Waals surface area contributed by atoms with Gasteiger partial charge in [0.2, 0.25) is 5.91 Å². The van der Waals surface area contributed by atoms with Crippen LogP contribution in [0.2, 0.25) is 0 Å². The lowest BCUT2D eigenvalue weighted by molar-refractivity contribution is -0.137. The number of fused-ring (bicyclic) bond motifs is 1. The van der Waals surface area contributed by atoms with E-state index in [-0.39, 0.29) is 22.8 Å². The summed E-state index contributed by atoms with van der Waals surface area (Å²) in [4.78, 5) is 33.6. The normalized spacial score (nSPS) is 15.8. The molecule has 1 fully saturated rings. The SMILES string of the molecule is O=C(O)CCCCCCCCCCOc1ccc2cc(CC3SC(=O)NC3=O)ccc2c1. The van der Waals surface area contributed by atoms with Gasteiger partial charge in [0.25, 0.3) is 5.24 Å². The second-order valence-electron chi connectivity index (χ2n) is 8.25. The number of amides is 2. The highest BCUT2D eigenvalue weighted by molar-refractivity contribution is 8.15. The Balaban J connectivity index is 1.33. The van der Waals surface area contributed by atoms with Crippen LogP contribution < -0.4 is 10.1 Å². The Labute approximate surface area is 193 Å². The van der Waals surface area contributed by atoms with Crippen LogP contribution in [0.5, 0.6) is 5.75 Å². The molecule has 1 heterocycles. The minimum Gasteiger partial charge on any atom is -0.494 e. The first-order chi connectivity index (χ1) is 15.5. The van der Waals surface area contributed by atoms with E-state index in [1.54, 1.807) is 0 Å². The molecule has 0 bridgehead atoms. The maximum absolute atomic E-state index is 11.8. The minimum atomic E-state index is -0.700. The van der Waals surface area contributed by atoms with E-state index in [9.17, 15) is 14.4 Å². The zero-order valence-corrected chi connectivity index (χ0v) is 19.1. The molecule has 2 N–H and O–H groups in total. The van der Waals surface area contributed by atoms with Crippen molar-refractivity contribution in [3.63, 3.8) is 0 Å². The number of aliphatic carboxylic acids is 1. The molecule has 1 atom stereocenters. The summed E-state index contributed by atoms with van der Waals surface area (Å²) in [6.07, 6.45) is 9.46. The fourth-order valence-electron chi connectivity index (χ4n) is 3.86. The number of nitrogens with one attached hydrogen (secondary N) is 1. The first-order valence-corrected chi connectivity index (χ1v) is 12.3. The van der Waals surface area contributed by atoms with Crippen molar-refractivity contribution in [1.82, 2.24) is 5.32 Å². The minimum absolute atomic E-state index is 0.209. The summed E-state index contributed by atoms with van der Waals surface area (Å²) in [5.41, 5.74) is 1.04. The maximum atomic E-state index is 11.8. The van der Waals surface area contributed by atoms with Gasteiger partial charge in [-0.1, -0.05) is 74.6 Å². The summed E-state index contributed by atoms with van der Waals surface area (Å²) in [5, 5.41) is 12.5. The third-order valence-electron chi connectivity index (χ3n) is 5.62. The Kier molecular flexibility index (Phi) is 9.41. The number of benzene rings is 2. The number of thioether (sulfide) groups is 1. The lowest BCUT2D eigenvalue weighted by Gasteiger charge is -2.09. The Hall–Kier alpha value is -2.54. The van der Waals surface area contributed by atoms with Crippen LogP contribution in [0, 0.1) is 0 Å². The van der Waals surface area contributed by atoms with Crippen molar-refractivity contribution in [2.24, 2.45) is 0 Å². The first kappa shape index (κ1) is 24.1. The fourth-order valence-corrected chi connectivity index (χ4v) is 4.72. The third kappa shape index (κ3) is 7.86. The molecule has 1 aliphatic heterocycles. The van der Waals surface area contributed by atoms with E-state index < -0.39 is 5.97 Å². The maximum Gasteiger partial charge on any atom is 0.303 e. The molecular formula is C25H31NO5S. The number of carboxylic acids is 1. The lowest BCUT2D eigenvalue weighted by atomic mass is 10.0. The fraction of sp³-hybridized carbons (Fsp3) is 0.480. The van der Waals surface area contributed by atoms with Crippen LogP contribution in [-0.4, -0.2) is 34.1 Å². The van der Waals surface area contributed by atoms with Gasteiger partial charge in [-0.05, 0) is 47.7 Å². The molecule has 2 aromatic rings. The Morgan fingerprint density at radius 2 is 1.56 bits per heavy atom. The highest BCUT2D eigenvalue weighted by Gasteiger charge is 2.31. The van der Waals surface area contributed by atoms with E-state index >= 15 is 0 Å². The largest absolute Gasteiger partial charge is 0.494 e. The van der Waals surface area contributed by atoms with Crippen LogP contribution in [-0.2, 0) is 16.0 Å². The molecule has 32 heavy (non-hydrogen) atoms. The van der Waals surface area contributed by atoms with Gasteiger partial charge in [0.05, 0.1) is 11.9 Å². The molecule has 0 aromatic heterocycles. The second kappa shape index (κ2) is 12.5. The molecule has 1 unspecified atom stereocenters. The lowest BCUT2D eigenvalue weighted by Crippen LogP contribution is -2.25. The Morgan fingerprint density at radius 1 is 0.906 bits per heavy atom. The zero-order valence-electron chi connectivity index (χ0n) is 18.3. The summed E-state index contributed by atoms with van der Waals surface area (Å²) in [6.45, 7) is 0.699. The molecule has 0 saturated carbocycles. The van der Waals surface area contributed by atoms with Crippen LogP contribution >= 0.6 is 11.8 Å². The molecule has 0 spiro atoms. The number of carboxylic acid groups (broad SMARTS) is 1. The van der Waals surface area contributed by atoms with Gasteiger partial charge in [-0.3, -0.25) is 19.7 Å². The van der Waals surface area contributed by atoms with E-state index in [2.05, 4.69) is 11.4 Å².